The van der Waals surface area contributed by atoms with Crippen LogP contribution in [-0.4, -0.2) is 96.7 Å². The Hall–Kier alpha value is -4.80. The van der Waals surface area contributed by atoms with Gasteiger partial charge in [0, 0.05) is 25.7 Å². The molecule has 0 fully saturated rings. The van der Waals surface area contributed by atoms with E-state index in [9.17, 15) is 43.2 Å². The number of carbonyl (C=O) groups is 4. The lowest BCUT2D eigenvalue weighted by molar-refractivity contribution is -0.161. The van der Waals surface area contributed by atoms with Crippen molar-refractivity contribution in [1.29, 1.82) is 0 Å². The third kappa shape index (κ3) is 73.5. The maximum Gasteiger partial charge on any atom is 0.472 e. The molecule has 0 aromatic carbocycles. The maximum atomic E-state index is 13.1. The Morgan fingerprint density at radius 1 is 0.284 bits per heavy atom. The Morgan fingerprint density at radius 3 is 0.833 bits per heavy atom. The Bertz CT molecular complexity index is 2460. The van der Waals surface area contributed by atoms with Crippen LogP contribution in [0.1, 0.15) is 310 Å². The van der Waals surface area contributed by atoms with Crippen LogP contribution >= 0.6 is 15.6 Å². The number of allylic oxidation sites excluding steroid dienone is 22. The van der Waals surface area contributed by atoms with Crippen LogP contribution in [0.15, 0.2) is 134 Å². The second-order valence-electron chi connectivity index (χ2n) is 25.9. The summed E-state index contributed by atoms with van der Waals surface area (Å²) in [5, 5.41) is 10.6. The van der Waals surface area contributed by atoms with E-state index >= 15 is 0 Å². The molecule has 5 atom stereocenters. The van der Waals surface area contributed by atoms with E-state index < -0.39 is 97.5 Å². The Balaban J connectivity index is 5.42. The fraction of sp³-hybridized carbons (Fsp3) is 0.687. The molecule has 5 unspecified atom stereocenters. The Morgan fingerprint density at radius 2 is 0.529 bits per heavy atom. The predicted molar refractivity (Wildman–Crippen MR) is 418 cm³/mol. The van der Waals surface area contributed by atoms with E-state index in [1.807, 2.05) is 0 Å². The summed E-state index contributed by atoms with van der Waals surface area (Å²) >= 11 is 0. The van der Waals surface area contributed by atoms with Gasteiger partial charge in [0.1, 0.15) is 19.3 Å². The number of aliphatic hydroxyl groups is 1. The van der Waals surface area contributed by atoms with Gasteiger partial charge in [-0.1, -0.05) is 283 Å². The van der Waals surface area contributed by atoms with E-state index in [2.05, 4.69) is 161 Å². The summed E-state index contributed by atoms with van der Waals surface area (Å²) < 4.78 is 68.5. The average molecular weight is 1470 g/mol. The van der Waals surface area contributed by atoms with Gasteiger partial charge in [0.15, 0.2) is 12.2 Å². The van der Waals surface area contributed by atoms with Gasteiger partial charge in [-0.2, -0.15) is 0 Å². The van der Waals surface area contributed by atoms with Gasteiger partial charge in [-0.15, -0.1) is 0 Å². The molecule has 0 bridgehead atoms. The zero-order valence-electron chi connectivity index (χ0n) is 63.7. The van der Waals surface area contributed by atoms with E-state index in [1.54, 1.807) is 0 Å². The molecule has 0 aromatic rings. The summed E-state index contributed by atoms with van der Waals surface area (Å²) in [5.41, 5.74) is 0. The number of hydrogen-bond donors (Lipinski definition) is 3. The number of aliphatic hydroxyl groups excluding tert-OH is 1. The first kappa shape index (κ1) is 97.2. The molecule has 17 nitrogen and oxygen atoms in total. The summed E-state index contributed by atoms with van der Waals surface area (Å²) in [7, 11) is -9.98. The summed E-state index contributed by atoms with van der Waals surface area (Å²) in [6.07, 6.45) is 82.9. The van der Waals surface area contributed by atoms with Crippen molar-refractivity contribution < 1.29 is 80.2 Å². The van der Waals surface area contributed by atoms with Crippen LogP contribution in [0.2, 0.25) is 0 Å². The maximum absolute atomic E-state index is 13.1. The minimum Gasteiger partial charge on any atom is -0.462 e. The van der Waals surface area contributed by atoms with Crippen LogP contribution in [0.25, 0.3) is 0 Å². The lowest BCUT2D eigenvalue weighted by atomic mass is 10.0. The fourth-order valence-corrected chi connectivity index (χ4v) is 11.7. The molecule has 0 radical (unpaired) electrons. The van der Waals surface area contributed by atoms with Crippen molar-refractivity contribution >= 4 is 39.5 Å². The molecule has 0 amide bonds. The van der Waals surface area contributed by atoms with Crippen LogP contribution in [-0.2, 0) is 65.4 Å². The van der Waals surface area contributed by atoms with Crippen LogP contribution in [0.3, 0.4) is 0 Å². The van der Waals surface area contributed by atoms with Gasteiger partial charge in [0.2, 0.25) is 0 Å². The molecule has 0 aromatic heterocycles. The van der Waals surface area contributed by atoms with Crippen LogP contribution in [0.5, 0.6) is 0 Å². The molecule has 0 heterocycles. The van der Waals surface area contributed by atoms with Crippen molar-refractivity contribution in [3.63, 3.8) is 0 Å². The lowest BCUT2D eigenvalue weighted by Crippen LogP contribution is -2.30. The average Bonchev–Trinajstić information content (AvgIpc) is 0.923. The minimum absolute atomic E-state index is 0.0557. The Labute approximate surface area is 618 Å². The second kappa shape index (κ2) is 74.5. The van der Waals surface area contributed by atoms with E-state index in [-0.39, 0.29) is 25.7 Å². The van der Waals surface area contributed by atoms with E-state index in [1.165, 1.54) is 51.4 Å². The molecule has 3 N–H and O–H groups in total. The number of ether oxygens (including phenoxy) is 4. The predicted octanol–water partition coefficient (Wildman–Crippen LogP) is 22.9. The summed E-state index contributed by atoms with van der Waals surface area (Å²) in [6.45, 7) is 4.51. The van der Waals surface area contributed by atoms with E-state index in [0.29, 0.717) is 25.7 Å². The first-order chi connectivity index (χ1) is 49.7. The highest BCUT2D eigenvalue weighted by atomic mass is 31.2. The Kier molecular flexibility index (Phi) is 71.0. The number of hydrogen-bond acceptors (Lipinski definition) is 15. The normalized spacial score (nSPS) is 14.6. The fourth-order valence-electron chi connectivity index (χ4n) is 10.2. The number of rotatable bonds is 73. The van der Waals surface area contributed by atoms with Crippen molar-refractivity contribution in [2.24, 2.45) is 0 Å². The van der Waals surface area contributed by atoms with Crippen molar-refractivity contribution in [3.05, 3.63) is 134 Å². The monoisotopic (exact) mass is 1470 g/mol. The number of phosphoric acid groups is 2. The first-order valence-electron chi connectivity index (χ1n) is 39.4. The number of carbonyl (C=O) groups excluding carboxylic acids is 4. The molecule has 19 heteroatoms. The van der Waals surface area contributed by atoms with Gasteiger partial charge in [-0.3, -0.25) is 37.3 Å². The second-order valence-corrected chi connectivity index (χ2v) is 28.8. The molecule has 0 rings (SSSR count). The standard InChI is InChI=1S/C83H140O17P2/c1-5-9-13-17-21-25-29-33-35-37-38-40-41-45-48-52-56-60-64-68-81(86)94-74-79(100-83(88)70-66-62-58-54-50-46-42-39-36-34-30-26-22-18-14-10-6-2)76-98-102(91,92)96-72-77(84)71-95-101(89,90)97-75-78(99-82(87)69-65-61-57-53-49-44-32-28-24-20-16-12-8-4)73-93-80(85)67-63-59-55-51-47-43-31-27-23-19-15-11-7-3/h9-10,13-15,19,21-22,25-27,31,33-36,38,40,42,45-46,48,77-79,84H,5-8,11-12,16-18,20,23-24,28-30,32,37,39,41,43-44,47,49-76H2,1-4H3,(H,89,90)(H,91,92)/b13-9-,14-10-,19-15-,25-21-,26-22-,31-27-,35-33-,36-34-,40-38-,46-42-,48-45-. The van der Waals surface area contributed by atoms with Crippen molar-refractivity contribution in [1.82, 2.24) is 0 Å². The summed E-state index contributed by atoms with van der Waals surface area (Å²) in [4.78, 5) is 73.0. The van der Waals surface area contributed by atoms with E-state index in [0.717, 1.165) is 180 Å². The highest BCUT2D eigenvalue weighted by Crippen LogP contribution is 2.45. The van der Waals surface area contributed by atoms with Gasteiger partial charge in [-0.05, 0) is 135 Å². The molecule has 0 aliphatic rings. The third-order valence-corrected chi connectivity index (χ3v) is 18.0. The topological polar surface area (TPSA) is 237 Å². The zero-order chi connectivity index (χ0) is 74.6. The highest BCUT2D eigenvalue weighted by molar-refractivity contribution is 7.47. The largest absolute Gasteiger partial charge is 0.472 e. The number of unbranched alkanes of at least 4 members (excludes halogenated alkanes) is 25. The van der Waals surface area contributed by atoms with Crippen molar-refractivity contribution in [3.8, 4) is 0 Å². The number of esters is 4. The zero-order valence-corrected chi connectivity index (χ0v) is 65.5. The van der Waals surface area contributed by atoms with Crippen LogP contribution in [0, 0.1) is 0 Å². The minimum atomic E-state index is -5.00. The third-order valence-electron chi connectivity index (χ3n) is 16.1. The lowest BCUT2D eigenvalue weighted by Gasteiger charge is -2.21. The molecule has 0 saturated heterocycles. The highest BCUT2D eigenvalue weighted by Gasteiger charge is 2.30. The molecule has 584 valence electrons. The summed E-state index contributed by atoms with van der Waals surface area (Å²) in [5.74, 6) is -2.25. The summed E-state index contributed by atoms with van der Waals surface area (Å²) in [6, 6.07) is 0. The van der Waals surface area contributed by atoms with Crippen LogP contribution < -0.4 is 0 Å². The van der Waals surface area contributed by atoms with E-state index in [4.69, 9.17) is 37.0 Å². The van der Waals surface area contributed by atoms with Gasteiger partial charge in [-0.25, -0.2) is 9.13 Å². The van der Waals surface area contributed by atoms with Crippen molar-refractivity contribution in [2.45, 2.75) is 329 Å². The molecular formula is C83H140O17P2. The molecule has 102 heavy (non-hydrogen) atoms. The number of phosphoric ester groups is 2. The van der Waals surface area contributed by atoms with Gasteiger partial charge >= 0.3 is 39.5 Å². The van der Waals surface area contributed by atoms with Gasteiger partial charge in [0.05, 0.1) is 26.4 Å². The molecule has 0 aliphatic heterocycles. The molecular weight excluding hydrogens is 1330 g/mol. The van der Waals surface area contributed by atoms with Gasteiger partial charge in [0.25, 0.3) is 0 Å². The van der Waals surface area contributed by atoms with Crippen LogP contribution in [0.4, 0.5) is 0 Å². The molecule has 0 aliphatic carbocycles. The van der Waals surface area contributed by atoms with Gasteiger partial charge < -0.3 is 33.8 Å². The smallest absolute Gasteiger partial charge is 0.462 e. The quantitative estimate of drug-likeness (QED) is 0.0169. The first-order valence-corrected chi connectivity index (χ1v) is 42.4. The SMILES string of the molecule is CC/C=C\C/C=C\C/C=C\C/C=C\C/C=C\CCCCCC(=O)OCC(COP(=O)(O)OCC(O)COP(=O)(O)OCC(COC(=O)CCCCCCC/C=C\C/C=C\CCC)OC(=O)CCCCCCCCCCCCCCC)OC(=O)CCCCCC/C=C\C/C=C\C/C=C\C/C=C\CC. The van der Waals surface area contributed by atoms with Crippen molar-refractivity contribution in [2.75, 3.05) is 39.6 Å². The molecule has 0 spiro atoms. The molecule has 0 saturated carbocycles.